The molecule has 1 heterocycles. The molecule has 2 rings (SSSR count). The molecule has 114 valence electrons. The Morgan fingerprint density at radius 2 is 2.20 bits per heavy atom. The van der Waals surface area contributed by atoms with Gasteiger partial charge in [0.05, 0.1) is 6.10 Å². The lowest BCUT2D eigenvalue weighted by molar-refractivity contribution is 0.0189. The van der Waals surface area contributed by atoms with Crippen LogP contribution in [0.25, 0.3) is 0 Å². The highest BCUT2D eigenvalue weighted by Gasteiger charge is 2.37. The molecular weight excluding hydrogens is 250 g/mol. The molecule has 0 spiro atoms. The monoisotopic (exact) mass is 279 g/mol. The standard InChI is InChI=1S/C16H29N3O/c1-4-10-19-11-9-18-15(19)12-14(17-5-2)16(20-6-3)13-7-8-13/h9,11,13-14,16-17H,4-8,10,12H2,1-3H3. The van der Waals surface area contributed by atoms with Gasteiger partial charge in [-0.3, -0.25) is 0 Å². The van der Waals surface area contributed by atoms with Crippen LogP contribution in [0.3, 0.4) is 0 Å². The van der Waals surface area contributed by atoms with E-state index in [1.165, 1.54) is 18.7 Å². The van der Waals surface area contributed by atoms with Gasteiger partial charge in [0.25, 0.3) is 0 Å². The van der Waals surface area contributed by atoms with E-state index in [0.717, 1.165) is 38.5 Å². The van der Waals surface area contributed by atoms with Crippen LogP contribution in [0.1, 0.15) is 45.9 Å². The van der Waals surface area contributed by atoms with Crippen LogP contribution >= 0.6 is 0 Å². The minimum absolute atomic E-state index is 0.340. The number of nitrogens with one attached hydrogen (secondary N) is 1. The minimum Gasteiger partial charge on any atom is -0.377 e. The van der Waals surface area contributed by atoms with E-state index in [1.807, 2.05) is 6.20 Å². The van der Waals surface area contributed by atoms with E-state index >= 15 is 0 Å². The van der Waals surface area contributed by atoms with Crippen molar-refractivity contribution in [3.05, 3.63) is 18.2 Å². The van der Waals surface area contributed by atoms with Crippen molar-refractivity contribution in [2.24, 2.45) is 5.92 Å². The Kier molecular flexibility index (Phi) is 6.05. The van der Waals surface area contributed by atoms with Crippen LogP contribution in [-0.2, 0) is 17.7 Å². The fourth-order valence-electron chi connectivity index (χ4n) is 2.94. The first kappa shape index (κ1) is 15.5. The largest absolute Gasteiger partial charge is 0.377 e. The number of rotatable bonds is 10. The van der Waals surface area contributed by atoms with Crippen molar-refractivity contribution >= 4 is 0 Å². The summed E-state index contributed by atoms with van der Waals surface area (Å²) in [6.07, 6.45) is 9.09. The molecule has 0 bridgehead atoms. The normalized spacial score (nSPS) is 18.1. The van der Waals surface area contributed by atoms with E-state index in [9.17, 15) is 0 Å². The first-order chi connectivity index (χ1) is 9.80. The Morgan fingerprint density at radius 3 is 2.80 bits per heavy atom. The van der Waals surface area contributed by atoms with Crippen LogP contribution in [0.2, 0.25) is 0 Å². The molecule has 0 amide bonds. The Hall–Kier alpha value is -0.870. The highest BCUT2D eigenvalue weighted by atomic mass is 16.5. The highest BCUT2D eigenvalue weighted by molar-refractivity contribution is 5.00. The number of likely N-dealkylation sites (N-methyl/N-ethyl adjacent to an activating group) is 1. The summed E-state index contributed by atoms with van der Waals surface area (Å²) in [5.41, 5.74) is 0. The molecule has 1 aromatic rings. The number of imidazole rings is 1. The summed E-state index contributed by atoms with van der Waals surface area (Å²) in [6, 6.07) is 0.380. The molecule has 0 saturated heterocycles. The molecule has 2 atom stereocenters. The van der Waals surface area contributed by atoms with Crippen molar-refractivity contribution in [3.8, 4) is 0 Å². The van der Waals surface area contributed by atoms with Crippen LogP contribution in [0.5, 0.6) is 0 Å². The third kappa shape index (κ3) is 4.06. The van der Waals surface area contributed by atoms with Gasteiger partial charge in [-0.2, -0.15) is 0 Å². The van der Waals surface area contributed by atoms with Crippen LogP contribution in [-0.4, -0.2) is 34.8 Å². The number of hydrogen-bond donors (Lipinski definition) is 1. The Morgan fingerprint density at radius 1 is 1.40 bits per heavy atom. The molecule has 4 nitrogen and oxygen atoms in total. The summed E-state index contributed by atoms with van der Waals surface area (Å²) in [5, 5.41) is 3.62. The molecule has 0 aliphatic heterocycles. The third-order valence-electron chi connectivity index (χ3n) is 3.98. The van der Waals surface area contributed by atoms with Gasteiger partial charge in [-0.25, -0.2) is 4.98 Å². The van der Waals surface area contributed by atoms with Crippen molar-refractivity contribution < 1.29 is 4.74 Å². The number of hydrogen-bond acceptors (Lipinski definition) is 3. The average molecular weight is 279 g/mol. The zero-order chi connectivity index (χ0) is 14.4. The number of aryl methyl sites for hydroxylation is 1. The zero-order valence-corrected chi connectivity index (χ0v) is 13.1. The zero-order valence-electron chi connectivity index (χ0n) is 13.1. The molecule has 1 N–H and O–H groups in total. The summed E-state index contributed by atoms with van der Waals surface area (Å²) in [5.74, 6) is 1.93. The summed E-state index contributed by atoms with van der Waals surface area (Å²) in [6.45, 7) is 9.30. The van der Waals surface area contributed by atoms with Gasteiger partial charge in [-0.05, 0) is 38.6 Å². The minimum atomic E-state index is 0.340. The maximum Gasteiger partial charge on any atom is 0.110 e. The second-order valence-corrected chi connectivity index (χ2v) is 5.66. The predicted octanol–water partition coefficient (Wildman–Crippen LogP) is 2.63. The number of aromatic nitrogens is 2. The molecule has 2 unspecified atom stereocenters. The predicted molar refractivity (Wildman–Crippen MR) is 81.8 cm³/mol. The van der Waals surface area contributed by atoms with Crippen LogP contribution in [0.15, 0.2) is 12.4 Å². The van der Waals surface area contributed by atoms with Gasteiger partial charge >= 0.3 is 0 Å². The van der Waals surface area contributed by atoms with Crippen LogP contribution in [0.4, 0.5) is 0 Å². The number of nitrogens with zero attached hydrogens (tertiary/aromatic N) is 2. The quantitative estimate of drug-likeness (QED) is 0.715. The van der Waals surface area contributed by atoms with Gasteiger partial charge in [0, 0.05) is 38.0 Å². The van der Waals surface area contributed by atoms with E-state index in [0.29, 0.717) is 12.1 Å². The summed E-state index contributed by atoms with van der Waals surface area (Å²) in [4.78, 5) is 4.55. The fourth-order valence-corrected chi connectivity index (χ4v) is 2.94. The van der Waals surface area contributed by atoms with Crippen molar-refractivity contribution in [2.75, 3.05) is 13.2 Å². The molecular formula is C16H29N3O. The lowest BCUT2D eigenvalue weighted by atomic mass is 10.0. The van der Waals surface area contributed by atoms with Gasteiger partial charge in [0.15, 0.2) is 0 Å². The van der Waals surface area contributed by atoms with Crippen LogP contribution < -0.4 is 5.32 Å². The third-order valence-corrected chi connectivity index (χ3v) is 3.98. The maximum absolute atomic E-state index is 6.03. The van der Waals surface area contributed by atoms with E-state index in [-0.39, 0.29) is 0 Å². The maximum atomic E-state index is 6.03. The smallest absolute Gasteiger partial charge is 0.110 e. The Labute approximate surface area is 122 Å². The molecule has 0 aromatic carbocycles. The molecule has 1 fully saturated rings. The average Bonchev–Trinajstić information content (AvgIpc) is 3.19. The van der Waals surface area contributed by atoms with Crippen LogP contribution in [0, 0.1) is 5.92 Å². The fraction of sp³-hybridized carbons (Fsp3) is 0.812. The topological polar surface area (TPSA) is 39.1 Å². The molecule has 1 aromatic heterocycles. The van der Waals surface area contributed by atoms with Gasteiger partial charge in [0.2, 0.25) is 0 Å². The molecule has 20 heavy (non-hydrogen) atoms. The second-order valence-electron chi connectivity index (χ2n) is 5.66. The highest BCUT2D eigenvalue weighted by Crippen LogP contribution is 2.36. The Balaban J connectivity index is 2.05. The van der Waals surface area contributed by atoms with Gasteiger partial charge in [0.1, 0.15) is 5.82 Å². The number of ether oxygens (including phenoxy) is 1. The summed E-state index contributed by atoms with van der Waals surface area (Å²) < 4.78 is 8.31. The van der Waals surface area contributed by atoms with E-state index in [1.54, 1.807) is 0 Å². The molecule has 0 radical (unpaired) electrons. The lowest BCUT2D eigenvalue weighted by Crippen LogP contribution is -2.44. The first-order valence-corrected chi connectivity index (χ1v) is 8.15. The van der Waals surface area contributed by atoms with E-state index in [4.69, 9.17) is 4.74 Å². The van der Waals surface area contributed by atoms with Gasteiger partial charge in [-0.15, -0.1) is 0 Å². The second kappa shape index (κ2) is 7.79. The van der Waals surface area contributed by atoms with E-state index < -0.39 is 0 Å². The van der Waals surface area contributed by atoms with Crippen molar-refractivity contribution in [3.63, 3.8) is 0 Å². The first-order valence-electron chi connectivity index (χ1n) is 8.15. The molecule has 1 aliphatic rings. The van der Waals surface area contributed by atoms with Gasteiger partial charge in [-0.1, -0.05) is 13.8 Å². The van der Waals surface area contributed by atoms with Crippen molar-refractivity contribution in [2.45, 2.75) is 65.1 Å². The lowest BCUT2D eigenvalue weighted by Gasteiger charge is -2.28. The Bertz CT molecular complexity index is 387. The molecule has 4 heteroatoms. The van der Waals surface area contributed by atoms with E-state index in [2.05, 4.69) is 41.8 Å². The summed E-state index contributed by atoms with van der Waals surface area (Å²) in [7, 11) is 0. The van der Waals surface area contributed by atoms with Crippen molar-refractivity contribution in [1.82, 2.24) is 14.9 Å². The summed E-state index contributed by atoms with van der Waals surface area (Å²) >= 11 is 0. The molecule has 1 saturated carbocycles. The SMILES string of the molecule is CCCn1ccnc1CC(NCC)C(OCC)C1CC1. The van der Waals surface area contributed by atoms with Crippen molar-refractivity contribution in [1.29, 1.82) is 0 Å². The molecule has 1 aliphatic carbocycles. The van der Waals surface area contributed by atoms with Gasteiger partial charge < -0.3 is 14.6 Å².